The first kappa shape index (κ1) is 22.4. The summed E-state index contributed by atoms with van der Waals surface area (Å²) in [7, 11) is 1.73. The van der Waals surface area contributed by atoms with Gasteiger partial charge in [-0.1, -0.05) is 55.6 Å². The van der Waals surface area contributed by atoms with Gasteiger partial charge in [-0.25, -0.2) is 4.98 Å². The van der Waals surface area contributed by atoms with E-state index in [0.29, 0.717) is 27.5 Å². The molecule has 1 amide bonds. The summed E-state index contributed by atoms with van der Waals surface area (Å²) in [5.74, 6) is -0.571. The maximum absolute atomic E-state index is 13.3. The number of hydrogen-bond donors (Lipinski definition) is 1. The molecule has 0 aliphatic carbocycles. The van der Waals surface area contributed by atoms with Crippen molar-refractivity contribution in [1.82, 2.24) is 9.55 Å². The monoisotopic (exact) mass is 576 g/mol. The predicted molar refractivity (Wildman–Crippen MR) is 141 cm³/mol. The molecule has 6 nitrogen and oxygen atoms in total. The van der Waals surface area contributed by atoms with Crippen molar-refractivity contribution >= 4 is 65.3 Å². The number of fused-ring (bicyclic) bond motifs is 2. The van der Waals surface area contributed by atoms with Gasteiger partial charge in [0.25, 0.3) is 5.91 Å². The number of aromatic nitrogens is 2. The first-order chi connectivity index (χ1) is 16.3. The van der Waals surface area contributed by atoms with Crippen LogP contribution in [0, 0.1) is 6.92 Å². The first-order valence-corrected chi connectivity index (χ1v) is 12.0. The van der Waals surface area contributed by atoms with Crippen LogP contribution in [0.15, 0.2) is 85.9 Å². The molecule has 34 heavy (non-hydrogen) atoms. The van der Waals surface area contributed by atoms with Crippen molar-refractivity contribution in [2.45, 2.75) is 6.92 Å². The highest BCUT2D eigenvalue weighted by Gasteiger charge is 2.17. The molecule has 1 N–H and O–H groups in total. The standard InChI is InChI=1S/C26H18Br2N4O2/c1-14-3-9-21-18(11-14)19(13-22(29-21)15-4-6-16(27)7-5-15)25(33)31-30-24-20-12-17(28)8-10-23(20)32(2)26(24)34/h3-13,34H,1-2H3. The second kappa shape index (κ2) is 8.77. The molecule has 0 fully saturated rings. The highest BCUT2D eigenvalue weighted by Crippen LogP contribution is 2.39. The predicted octanol–water partition coefficient (Wildman–Crippen LogP) is 7.86. The van der Waals surface area contributed by atoms with Crippen molar-refractivity contribution in [3.8, 4) is 17.1 Å². The highest BCUT2D eigenvalue weighted by atomic mass is 79.9. The SMILES string of the molecule is Cc1ccc2nc(-c3ccc(Br)cc3)cc(C(=O)N=Nc3c(O)n(C)c4ccc(Br)cc34)c2c1. The molecule has 0 unspecified atom stereocenters. The summed E-state index contributed by atoms with van der Waals surface area (Å²) >= 11 is 6.89. The number of aryl methyl sites for hydroxylation is 2. The fourth-order valence-electron chi connectivity index (χ4n) is 3.92. The second-order valence-electron chi connectivity index (χ2n) is 7.98. The molecule has 0 aliphatic heterocycles. The minimum atomic E-state index is -0.511. The van der Waals surface area contributed by atoms with Crippen LogP contribution in [-0.4, -0.2) is 20.6 Å². The Labute approximate surface area is 212 Å². The van der Waals surface area contributed by atoms with E-state index in [1.807, 2.05) is 67.6 Å². The molecule has 2 aromatic heterocycles. The van der Waals surface area contributed by atoms with Gasteiger partial charge in [0, 0.05) is 32.3 Å². The van der Waals surface area contributed by atoms with Crippen LogP contribution < -0.4 is 0 Å². The lowest BCUT2D eigenvalue weighted by atomic mass is 10.0. The van der Waals surface area contributed by atoms with Crippen LogP contribution in [0.4, 0.5) is 5.69 Å². The van der Waals surface area contributed by atoms with Crippen molar-refractivity contribution in [1.29, 1.82) is 0 Å². The third-order valence-electron chi connectivity index (χ3n) is 5.68. The van der Waals surface area contributed by atoms with Gasteiger partial charge in [-0.05, 0) is 55.5 Å². The van der Waals surface area contributed by atoms with Gasteiger partial charge in [-0.3, -0.25) is 4.79 Å². The molecule has 3 aromatic carbocycles. The largest absolute Gasteiger partial charge is 0.493 e. The molecule has 2 heterocycles. The van der Waals surface area contributed by atoms with Crippen molar-refractivity contribution in [3.05, 3.63) is 86.8 Å². The summed E-state index contributed by atoms with van der Waals surface area (Å²) in [6.07, 6.45) is 0. The average molecular weight is 578 g/mol. The van der Waals surface area contributed by atoms with E-state index in [1.54, 1.807) is 17.7 Å². The molecule has 0 spiro atoms. The van der Waals surface area contributed by atoms with Gasteiger partial charge < -0.3 is 9.67 Å². The van der Waals surface area contributed by atoms with Crippen molar-refractivity contribution in [3.63, 3.8) is 0 Å². The number of carbonyl (C=O) groups excluding carboxylic acids is 1. The highest BCUT2D eigenvalue weighted by molar-refractivity contribution is 9.10. The Hall–Kier alpha value is -3.36. The van der Waals surface area contributed by atoms with E-state index in [9.17, 15) is 9.90 Å². The van der Waals surface area contributed by atoms with Gasteiger partial charge in [-0.2, -0.15) is 0 Å². The van der Waals surface area contributed by atoms with Gasteiger partial charge in [0.1, 0.15) is 0 Å². The number of aromatic hydroxyl groups is 1. The van der Waals surface area contributed by atoms with E-state index < -0.39 is 5.91 Å². The number of pyridine rings is 1. The number of nitrogens with zero attached hydrogens (tertiary/aromatic N) is 4. The summed E-state index contributed by atoms with van der Waals surface area (Å²) in [4.78, 5) is 18.1. The van der Waals surface area contributed by atoms with Crippen LogP contribution in [0.3, 0.4) is 0 Å². The molecule has 168 valence electrons. The van der Waals surface area contributed by atoms with Crippen molar-refractivity contribution in [2.24, 2.45) is 17.3 Å². The third-order valence-corrected chi connectivity index (χ3v) is 6.70. The zero-order valence-corrected chi connectivity index (χ0v) is 21.4. The quantitative estimate of drug-likeness (QED) is 0.222. The van der Waals surface area contributed by atoms with Crippen LogP contribution in [0.2, 0.25) is 0 Å². The van der Waals surface area contributed by atoms with Gasteiger partial charge >= 0.3 is 0 Å². The molecular formula is C26H18Br2N4O2. The van der Waals surface area contributed by atoms with Gasteiger partial charge in [0.15, 0.2) is 5.69 Å². The molecule has 0 aliphatic rings. The number of amides is 1. The van der Waals surface area contributed by atoms with Crippen molar-refractivity contribution in [2.75, 3.05) is 0 Å². The summed E-state index contributed by atoms with van der Waals surface area (Å²) in [6, 6.07) is 20.8. The van der Waals surface area contributed by atoms with Gasteiger partial charge in [0.05, 0.1) is 22.3 Å². The lowest BCUT2D eigenvalue weighted by molar-refractivity contribution is 0.0996. The smallest absolute Gasteiger partial charge is 0.296 e. The Morgan fingerprint density at radius 2 is 1.68 bits per heavy atom. The van der Waals surface area contributed by atoms with E-state index in [-0.39, 0.29) is 11.6 Å². The molecule has 0 radical (unpaired) electrons. The third kappa shape index (κ3) is 4.03. The van der Waals surface area contributed by atoms with E-state index in [4.69, 9.17) is 4.98 Å². The van der Waals surface area contributed by atoms with Crippen LogP contribution >= 0.6 is 31.9 Å². The van der Waals surface area contributed by atoms with Crippen LogP contribution in [0.5, 0.6) is 5.88 Å². The fourth-order valence-corrected chi connectivity index (χ4v) is 4.54. The molecule has 0 atom stereocenters. The number of rotatable bonds is 3. The summed E-state index contributed by atoms with van der Waals surface area (Å²) in [5.41, 5.74) is 4.68. The van der Waals surface area contributed by atoms with Crippen molar-refractivity contribution < 1.29 is 9.90 Å². The van der Waals surface area contributed by atoms with Crippen LogP contribution in [0.1, 0.15) is 15.9 Å². The van der Waals surface area contributed by atoms with Gasteiger partial charge in [-0.15, -0.1) is 10.2 Å². The van der Waals surface area contributed by atoms with Gasteiger partial charge in [0.2, 0.25) is 5.88 Å². The zero-order chi connectivity index (χ0) is 24.0. The number of carbonyl (C=O) groups is 1. The molecule has 5 aromatic rings. The summed E-state index contributed by atoms with van der Waals surface area (Å²) < 4.78 is 3.40. The Bertz CT molecular complexity index is 1620. The normalized spacial score (nSPS) is 11.6. The Kier molecular flexibility index (Phi) is 5.79. The maximum Gasteiger partial charge on any atom is 0.296 e. The Morgan fingerprint density at radius 1 is 0.941 bits per heavy atom. The average Bonchev–Trinajstić information content (AvgIpc) is 3.06. The Balaban J connectivity index is 1.63. The first-order valence-electron chi connectivity index (χ1n) is 10.4. The van der Waals surface area contributed by atoms with E-state index in [2.05, 4.69) is 42.1 Å². The number of azo groups is 1. The lowest BCUT2D eigenvalue weighted by Gasteiger charge is -2.08. The lowest BCUT2D eigenvalue weighted by Crippen LogP contribution is -1.99. The molecule has 0 saturated heterocycles. The molecular weight excluding hydrogens is 560 g/mol. The Morgan fingerprint density at radius 3 is 2.44 bits per heavy atom. The van der Waals surface area contributed by atoms with E-state index in [0.717, 1.165) is 25.6 Å². The minimum absolute atomic E-state index is 0.0596. The van der Waals surface area contributed by atoms with E-state index in [1.165, 1.54) is 0 Å². The molecule has 0 saturated carbocycles. The van der Waals surface area contributed by atoms with E-state index >= 15 is 0 Å². The second-order valence-corrected chi connectivity index (χ2v) is 9.81. The molecule has 5 rings (SSSR count). The summed E-state index contributed by atoms with van der Waals surface area (Å²) in [6.45, 7) is 1.96. The number of benzene rings is 3. The van der Waals surface area contributed by atoms with Crippen LogP contribution in [-0.2, 0) is 7.05 Å². The maximum atomic E-state index is 13.3. The fraction of sp³-hybridized carbons (Fsp3) is 0.0769. The minimum Gasteiger partial charge on any atom is -0.493 e. The molecule has 8 heteroatoms. The molecule has 0 bridgehead atoms. The zero-order valence-electron chi connectivity index (χ0n) is 18.3. The summed E-state index contributed by atoms with van der Waals surface area (Å²) in [5, 5.41) is 20.2. The van der Waals surface area contributed by atoms with Crippen LogP contribution in [0.25, 0.3) is 33.1 Å². The number of halogens is 2. The number of hydrogen-bond acceptors (Lipinski definition) is 4. The topological polar surface area (TPSA) is 79.8 Å².